The predicted octanol–water partition coefficient (Wildman–Crippen LogP) is 4.64. The minimum Gasteiger partial charge on any atom is -0.356 e. The molecule has 3 aromatic rings. The molecule has 1 aromatic carbocycles. The normalized spacial score (nSPS) is 14.2. The number of pyridine rings is 1. The van der Waals surface area contributed by atoms with Crippen molar-refractivity contribution < 1.29 is 14.0 Å². The minimum atomic E-state index is -1.63. The summed E-state index contributed by atoms with van der Waals surface area (Å²) in [6.07, 6.45) is 2.02. The molecule has 1 atom stereocenters. The van der Waals surface area contributed by atoms with Gasteiger partial charge in [0.15, 0.2) is 12.0 Å². The van der Waals surface area contributed by atoms with Gasteiger partial charge in [-0.1, -0.05) is 18.2 Å². The van der Waals surface area contributed by atoms with Crippen molar-refractivity contribution in [2.24, 2.45) is 0 Å². The molecule has 1 aliphatic rings. The first-order valence-electron chi connectivity index (χ1n) is 9.54. The first kappa shape index (κ1) is 18.9. The minimum absolute atomic E-state index is 0.0982. The Labute approximate surface area is 167 Å². The smallest absolute Gasteiger partial charge is 0.259 e. The lowest BCUT2D eigenvalue weighted by Crippen LogP contribution is -2.21. The van der Waals surface area contributed by atoms with Gasteiger partial charge in [-0.25, -0.2) is 9.37 Å². The van der Waals surface area contributed by atoms with Crippen LogP contribution in [0.3, 0.4) is 0 Å². The van der Waals surface area contributed by atoms with E-state index < -0.39 is 12.1 Å². The van der Waals surface area contributed by atoms with Crippen LogP contribution in [0.25, 0.3) is 11.3 Å². The van der Waals surface area contributed by atoms with Crippen LogP contribution >= 0.6 is 0 Å². The first-order valence-corrected chi connectivity index (χ1v) is 9.54. The van der Waals surface area contributed by atoms with Crippen molar-refractivity contribution in [2.75, 3.05) is 10.6 Å². The SMILES string of the molecule is CC(F)C(=O)Nc1cc(-c2[nH]c3c(c2Nc2ccccc2)C(=O)CCC3)ccn1. The van der Waals surface area contributed by atoms with Gasteiger partial charge in [0.1, 0.15) is 5.82 Å². The van der Waals surface area contributed by atoms with Crippen LogP contribution in [0, 0.1) is 0 Å². The van der Waals surface area contributed by atoms with Crippen LogP contribution in [0.4, 0.5) is 21.6 Å². The molecule has 0 saturated carbocycles. The molecule has 0 bridgehead atoms. The highest BCUT2D eigenvalue weighted by Crippen LogP contribution is 2.39. The van der Waals surface area contributed by atoms with E-state index in [2.05, 4.69) is 20.6 Å². The zero-order chi connectivity index (χ0) is 20.4. The molecule has 29 heavy (non-hydrogen) atoms. The fourth-order valence-corrected chi connectivity index (χ4v) is 3.49. The summed E-state index contributed by atoms with van der Waals surface area (Å²) in [5, 5.41) is 5.83. The lowest BCUT2D eigenvalue weighted by molar-refractivity contribution is -0.120. The van der Waals surface area contributed by atoms with Crippen LogP contribution < -0.4 is 10.6 Å². The van der Waals surface area contributed by atoms with E-state index in [4.69, 9.17) is 0 Å². The number of anilines is 3. The van der Waals surface area contributed by atoms with E-state index in [0.717, 1.165) is 35.5 Å². The molecule has 2 aromatic heterocycles. The molecule has 1 unspecified atom stereocenters. The number of aromatic nitrogens is 2. The summed E-state index contributed by atoms with van der Waals surface area (Å²) < 4.78 is 13.2. The highest BCUT2D eigenvalue weighted by molar-refractivity contribution is 6.07. The number of hydrogen-bond donors (Lipinski definition) is 3. The van der Waals surface area contributed by atoms with Crippen molar-refractivity contribution in [1.82, 2.24) is 9.97 Å². The molecule has 1 aliphatic carbocycles. The average Bonchev–Trinajstić information content (AvgIpc) is 3.08. The number of Topliss-reactive ketones (excluding diaryl/α,β-unsaturated/α-hetero) is 1. The molecule has 0 saturated heterocycles. The summed E-state index contributed by atoms with van der Waals surface area (Å²) in [7, 11) is 0. The van der Waals surface area contributed by atoms with Gasteiger partial charge in [0, 0.05) is 29.6 Å². The van der Waals surface area contributed by atoms with Crippen molar-refractivity contribution in [3.8, 4) is 11.3 Å². The lowest BCUT2D eigenvalue weighted by Gasteiger charge is -2.14. The summed E-state index contributed by atoms with van der Waals surface area (Å²) in [5.41, 5.74) is 4.62. The first-order chi connectivity index (χ1) is 14.0. The van der Waals surface area contributed by atoms with Crippen molar-refractivity contribution in [3.05, 3.63) is 59.9 Å². The molecule has 4 rings (SSSR count). The second-order valence-electron chi connectivity index (χ2n) is 7.03. The van der Waals surface area contributed by atoms with E-state index in [1.165, 1.54) is 6.92 Å². The van der Waals surface area contributed by atoms with E-state index in [9.17, 15) is 14.0 Å². The molecule has 2 heterocycles. The third-order valence-electron chi connectivity index (χ3n) is 4.89. The second-order valence-corrected chi connectivity index (χ2v) is 7.03. The summed E-state index contributed by atoms with van der Waals surface area (Å²) >= 11 is 0. The van der Waals surface area contributed by atoms with Crippen LogP contribution in [-0.4, -0.2) is 27.8 Å². The van der Waals surface area contributed by atoms with E-state index in [1.807, 2.05) is 30.3 Å². The number of alkyl halides is 1. The fourth-order valence-electron chi connectivity index (χ4n) is 3.49. The number of fused-ring (bicyclic) bond motifs is 1. The molecule has 7 heteroatoms. The summed E-state index contributed by atoms with van der Waals surface area (Å²) in [6.45, 7) is 1.17. The number of nitrogens with zero attached hydrogens (tertiary/aromatic N) is 1. The third kappa shape index (κ3) is 3.89. The van der Waals surface area contributed by atoms with Gasteiger partial charge in [0.05, 0.1) is 16.9 Å². The average molecular weight is 392 g/mol. The molecule has 0 fully saturated rings. The molecular formula is C22H21FN4O2. The Balaban J connectivity index is 1.77. The number of aryl methyl sites for hydroxylation is 1. The third-order valence-corrected chi connectivity index (χ3v) is 4.89. The van der Waals surface area contributed by atoms with Gasteiger partial charge in [-0.3, -0.25) is 9.59 Å². The van der Waals surface area contributed by atoms with Crippen molar-refractivity contribution in [1.29, 1.82) is 0 Å². The Bertz CT molecular complexity index is 1060. The number of para-hydroxylation sites is 1. The van der Waals surface area contributed by atoms with E-state index >= 15 is 0 Å². The zero-order valence-electron chi connectivity index (χ0n) is 16.0. The number of ketones is 1. The van der Waals surface area contributed by atoms with Crippen LogP contribution in [0.5, 0.6) is 0 Å². The Morgan fingerprint density at radius 3 is 2.76 bits per heavy atom. The highest BCUT2D eigenvalue weighted by atomic mass is 19.1. The molecule has 1 amide bonds. The molecule has 148 valence electrons. The number of nitrogens with one attached hydrogen (secondary N) is 3. The largest absolute Gasteiger partial charge is 0.356 e. The number of carbonyl (C=O) groups is 2. The molecule has 0 aliphatic heterocycles. The number of halogens is 1. The van der Waals surface area contributed by atoms with Crippen LogP contribution in [0.15, 0.2) is 48.7 Å². The van der Waals surface area contributed by atoms with Gasteiger partial charge in [-0.2, -0.15) is 0 Å². The Kier molecular flexibility index (Phi) is 5.12. The van der Waals surface area contributed by atoms with Crippen molar-refractivity contribution >= 4 is 28.9 Å². The maximum Gasteiger partial charge on any atom is 0.259 e. The Morgan fingerprint density at radius 1 is 1.21 bits per heavy atom. The van der Waals surface area contributed by atoms with Gasteiger partial charge < -0.3 is 15.6 Å². The zero-order valence-corrected chi connectivity index (χ0v) is 16.0. The number of amides is 1. The number of aromatic amines is 1. The maximum absolute atomic E-state index is 13.2. The standard InChI is InChI=1S/C22H21FN4O2/c1-13(23)22(29)27-18-12-14(10-11-24-18)20-21(25-15-6-3-2-4-7-15)19-16(26-20)8-5-9-17(19)28/h2-4,6-7,10-13,25-26H,5,8-9H2,1H3,(H,24,27,29). The summed E-state index contributed by atoms with van der Waals surface area (Å²) in [6, 6.07) is 13.1. The van der Waals surface area contributed by atoms with Gasteiger partial charge in [0.25, 0.3) is 5.91 Å². The maximum atomic E-state index is 13.2. The van der Waals surface area contributed by atoms with Crippen LogP contribution in [0.2, 0.25) is 0 Å². The number of hydrogen-bond acceptors (Lipinski definition) is 4. The highest BCUT2D eigenvalue weighted by Gasteiger charge is 2.27. The second kappa shape index (κ2) is 7.87. The number of rotatable bonds is 5. The number of carbonyl (C=O) groups excluding carboxylic acids is 2. The van der Waals surface area contributed by atoms with Crippen molar-refractivity contribution in [2.45, 2.75) is 32.4 Å². The summed E-state index contributed by atoms with van der Waals surface area (Å²) in [4.78, 5) is 31.8. The number of benzene rings is 1. The predicted molar refractivity (Wildman–Crippen MR) is 110 cm³/mol. The Morgan fingerprint density at radius 2 is 2.00 bits per heavy atom. The lowest BCUT2D eigenvalue weighted by atomic mass is 9.95. The van der Waals surface area contributed by atoms with Gasteiger partial charge in [0.2, 0.25) is 0 Å². The quantitative estimate of drug-likeness (QED) is 0.591. The molecule has 0 spiro atoms. The molecule has 0 radical (unpaired) electrons. The van der Waals surface area contributed by atoms with E-state index in [0.29, 0.717) is 17.7 Å². The van der Waals surface area contributed by atoms with Gasteiger partial charge in [-0.05, 0) is 44.0 Å². The Hall–Kier alpha value is -3.48. The van der Waals surface area contributed by atoms with Gasteiger partial charge >= 0.3 is 0 Å². The number of H-pyrrole nitrogens is 1. The van der Waals surface area contributed by atoms with Crippen molar-refractivity contribution in [3.63, 3.8) is 0 Å². The van der Waals surface area contributed by atoms with E-state index in [-0.39, 0.29) is 11.6 Å². The van der Waals surface area contributed by atoms with Crippen LogP contribution in [-0.2, 0) is 11.2 Å². The monoisotopic (exact) mass is 392 g/mol. The topological polar surface area (TPSA) is 86.9 Å². The van der Waals surface area contributed by atoms with Gasteiger partial charge in [-0.15, -0.1) is 0 Å². The fraction of sp³-hybridized carbons (Fsp3) is 0.227. The summed E-state index contributed by atoms with van der Waals surface area (Å²) in [5.74, 6) is -0.402. The van der Waals surface area contributed by atoms with E-state index in [1.54, 1.807) is 18.3 Å². The van der Waals surface area contributed by atoms with Crippen LogP contribution in [0.1, 0.15) is 35.8 Å². The molecule has 6 nitrogen and oxygen atoms in total. The molecule has 3 N–H and O–H groups in total. The molecular weight excluding hydrogens is 371 g/mol.